The normalized spacial score (nSPS) is 10.3. The van der Waals surface area contributed by atoms with Gasteiger partial charge in [0.2, 0.25) is 0 Å². The molecular weight excluding hydrogens is 442 g/mol. The van der Waals surface area contributed by atoms with Crippen LogP contribution in [0.15, 0.2) is 58.4 Å². The van der Waals surface area contributed by atoms with Crippen molar-refractivity contribution in [1.29, 1.82) is 0 Å². The van der Waals surface area contributed by atoms with E-state index in [1.165, 1.54) is 11.3 Å². The van der Waals surface area contributed by atoms with Gasteiger partial charge in [-0.25, -0.2) is 4.98 Å². The number of nitrogens with one attached hydrogen (secondary N) is 2. The fraction of sp³-hybridized carbons (Fsp3) is 0. The molecule has 0 bridgehead atoms. The Labute approximate surface area is 167 Å². The van der Waals surface area contributed by atoms with E-state index in [1.807, 2.05) is 35.7 Å². The number of aromatic nitrogens is 1. The predicted molar refractivity (Wildman–Crippen MR) is 110 cm³/mol. The Morgan fingerprint density at radius 1 is 1.16 bits per heavy atom. The Morgan fingerprint density at radius 2 is 1.88 bits per heavy atom. The van der Waals surface area contributed by atoms with Crippen molar-refractivity contribution in [3.05, 3.63) is 69.0 Å². The van der Waals surface area contributed by atoms with E-state index in [4.69, 9.17) is 23.8 Å². The van der Waals surface area contributed by atoms with Gasteiger partial charge in [0.15, 0.2) is 10.2 Å². The number of carbonyl (C=O) groups excluding carboxylic acids is 1. The molecule has 8 heteroatoms. The van der Waals surface area contributed by atoms with Crippen molar-refractivity contribution < 1.29 is 4.79 Å². The Kier molecular flexibility index (Phi) is 5.80. The maximum Gasteiger partial charge on any atom is 0.258 e. The van der Waals surface area contributed by atoms with Crippen LogP contribution in [0.2, 0.25) is 5.02 Å². The highest BCUT2D eigenvalue weighted by atomic mass is 79.9. The van der Waals surface area contributed by atoms with Gasteiger partial charge in [-0.1, -0.05) is 35.9 Å². The average Bonchev–Trinajstić information content (AvgIpc) is 3.04. The molecular formula is C17H11BrClN3OS2. The molecule has 0 atom stereocenters. The zero-order valence-corrected chi connectivity index (χ0v) is 16.6. The fourth-order valence-corrected chi connectivity index (χ4v) is 3.60. The third-order valence-corrected chi connectivity index (χ3v) is 5.12. The second-order valence-corrected chi connectivity index (χ2v) is 7.49. The molecule has 0 unspecified atom stereocenters. The first-order valence-electron chi connectivity index (χ1n) is 7.11. The maximum atomic E-state index is 12.2. The number of thiocarbonyl (C=S) groups is 1. The molecule has 0 saturated carbocycles. The first-order chi connectivity index (χ1) is 12.0. The van der Waals surface area contributed by atoms with Crippen molar-refractivity contribution in [2.24, 2.45) is 0 Å². The highest BCUT2D eigenvalue weighted by molar-refractivity contribution is 9.10. The smallest absolute Gasteiger partial charge is 0.258 e. The number of amides is 1. The molecule has 2 N–H and O–H groups in total. The molecule has 25 heavy (non-hydrogen) atoms. The summed E-state index contributed by atoms with van der Waals surface area (Å²) in [5.41, 5.74) is 2.27. The van der Waals surface area contributed by atoms with Gasteiger partial charge in [0, 0.05) is 20.4 Å². The number of nitrogens with zero attached hydrogens (tertiary/aromatic N) is 1. The van der Waals surface area contributed by atoms with Crippen molar-refractivity contribution in [3.8, 4) is 11.3 Å². The summed E-state index contributed by atoms with van der Waals surface area (Å²) in [6.07, 6.45) is 0. The van der Waals surface area contributed by atoms with Crippen molar-refractivity contribution in [2.45, 2.75) is 0 Å². The van der Waals surface area contributed by atoms with Crippen LogP contribution in [0.4, 0.5) is 5.13 Å². The van der Waals surface area contributed by atoms with Crippen LogP contribution in [-0.2, 0) is 0 Å². The van der Waals surface area contributed by atoms with Crippen molar-refractivity contribution in [3.63, 3.8) is 0 Å². The molecule has 2 aromatic carbocycles. The topological polar surface area (TPSA) is 54.0 Å². The van der Waals surface area contributed by atoms with Gasteiger partial charge in [0.25, 0.3) is 5.91 Å². The number of rotatable bonds is 3. The first-order valence-corrected chi connectivity index (χ1v) is 9.57. The molecule has 3 aromatic rings. The number of anilines is 1. The molecule has 126 valence electrons. The summed E-state index contributed by atoms with van der Waals surface area (Å²) in [7, 11) is 0. The van der Waals surface area contributed by atoms with Gasteiger partial charge in [-0.3, -0.25) is 10.1 Å². The Morgan fingerprint density at radius 3 is 2.60 bits per heavy atom. The van der Waals surface area contributed by atoms with Crippen LogP contribution in [0.25, 0.3) is 11.3 Å². The van der Waals surface area contributed by atoms with Crippen LogP contribution in [0.1, 0.15) is 10.4 Å². The molecule has 0 aliphatic carbocycles. The minimum atomic E-state index is -0.292. The first kappa shape index (κ1) is 18.0. The van der Waals surface area contributed by atoms with E-state index in [0.29, 0.717) is 20.2 Å². The summed E-state index contributed by atoms with van der Waals surface area (Å²) in [5.74, 6) is -0.292. The van der Waals surface area contributed by atoms with Crippen molar-refractivity contribution >= 4 is 67.2 Å². The summed E-state index contributed by atoms with van der Waals surface area (Å²) in [4.78, 5) is 16.7. The molecule has 3 rings (SSSR count). The van der Waals surface area contributed by atoms with E-state index in [1.54, 1.807) is 18.2 Å². The zero-order chi connectivity index (χ0) is 17.8. The number of benzene rings is 2. The number of carbonyl (C=O) groups is 1. The van der Waals surface area contributed by atoms with Crippen LogP contribution >= 0.6 is 51.1 Å². The zero-order valence-electron chi connectivity index (χ0n) is 12.6. The standard InChI is InChI=1S/C17H11BrClN3OS2/c18-13-4-2-1-3-12(13)15(23)21-16(24)22-17-20-14(9-25-17)10-5-7-11(19)8-6-10/h1-9H,(H2,20,21,22,23,24). The largest absolute Gasteiger partial charge is 0.308 e. The second-order valence-electron chi connectivity index (χ2n) is 4.93. The monoisotopic (exact) mass is 451 g/mol. The summed E-state index contributed by atoms with van der Waals surface area (Å²) < 4.78 is 0.703. The number of hydrogen-bond donors (Lipinski definition) is 2. The number of hydrogen-bond acceptors (Lipinski definition) is 4. The van der Waals surface area contributed by atoms with Crippen molar-refractivity contribution in [2.75, 3.05) is 5.32 Å². The molecule has 1 amide bonds. The van der Waals surface area contributed by atoms with E-state index >= 15 is 0 Å². The minimum Gasteiger partial charge on any atom is -0.308 e. The summed E-state index contributed by atoms with van der Waals surface area (Å²) in [6, 6.07) is 14.6. The van der Waals surface area contributed by atoms with E-state index in [0.717, 1.165) is 11.3 Å². The number of thiazole rings is 1. The van der Waals surface area contributed by atoms with E-state index in [-0.39, 0.29) is 11.0 Å². The van der Waals surface area contributed by atoms with Gasteiger partial charge in [0.1, 0.15) is 0 Å². The van der Waals surface area contributed by atoms with Gasteiger partial charge in [0.05, 0.1) is 11.3 Å². The van der Waals surface area contributed by atoms with Gasteiger partial charge >= 0.3 is 0 Å². The molecule has 4 nitrogen and oxygen atoms in total. The predicted octanol–water partition coefficient (Wildman–Crippen LogP) is 5.35. The fourth-order valence-electron chi connectivity index (χ4n) is 2.03. The molecule has 0 aliphatic rings. The van der Waals surface area contributed by atoms with Gasteiger partial charge in [-0.15, -0.1) is 11.3 Å². The Bertz CT molecular complexity index is 928. The van der Waals surface area contributed by atoms with Crippen molar-refractivity contribution in [1.82, 2.24) is 10.3 Å². The van der Waals surface area contributed by atoms with Crippen LogP contribution in [0.3, 0.4) is 0 Å². The maximum absolute atomic E-state index is 12.2. The summed E-state index contributed by atoms with van der Waals surface area (Å²) in [6.45, 7) is 0. The summed E-state index contributed by atoms with van der Waals surface area (Å²) >= 11 is 15.8. The Balaban J connectivity index is 1.65. The molecule has 0 spiro atoms. The van der Waals surface area contributed by atoms with Crippen LogP contribution in [0, 0.1) is 0 Å². The lowest BCUT2D eigenvalue weighted by Gasteiger charge is -2.08. The van der Waals surface area contributed by atoms with Crippen LogP contribution in [0.5, 0.6) is 0 Å². The second kappa shape index (κ2) is 8.05. The molecule has 0 radical (unpaired) electrons. The van der Waals surface area contributed by atoms with Crippen LogP contribution in [-0.4, -0.2) is 16.0 Å². The molecule has 0 aliphatic heterocycles. The Hall–Kier alpha value is -1.80. The highest BCUT2D eigenvalue weighted by Gasteiger charge is 2.12. The van der Waals surface area contributed by atoms with Crippen LogP contribution < -0.4 is 10.6 Å². The average molecular weight is 453 g/mol. The van der Waals surface area contributed by atoms with Gasteiger partial charge in [-0.05, 0) is 52.4 Å². The molecule has 0 fully saturated rings. The highest BCUT2D eigenvalue weighted by Crippen LogP contribution is 2.26. The SMILES string of the molecule is O=C(NC(=S)Nc1nc(-c2ccc(Cl)cc2)cs1)c1ccccc1Br. The summed E-state index contributed by atoms with van der Waals surface area (Å²) in [5, 5.41) is 8.94. The molecule has 0 saturated heterocycles. The van der Waals surface area contributed by atoms with E-state index < -0.39 is 0 Å². The quantitative estimate of drug-likeness (QED) is 0.526. The minimum absolute atomic E-state index is 0.192. The third kappa shape index (κ3) is 4.64. The molecule has 1 aromatic heterocycles. The number of halogens is 2. The van der Waals surface area contributed by atoms with Gasteiger partial charge in [-0.2, -0.15) is 0 Å². The van der Waals surface area contributed by atoms with E-state index in [9.17, 15) is 4.79 Å². The third-order valence-electron chi connectivity index (χ3n) is 3.21. The van der Waals surface area contributed by atoms with Gasteiger partial charge < -0.3 is 5.32 Å². The lowest BCUT2D eigenvalue weighted by atomic mass is 10.2. The lowest BCUT2D eigenvalue weighted by Crippen LogP contribution is -2.34. The molecule has 1 heterocycles. The lowest BCUT2D eigenvalue weighted by molar-refractivity contribution is 0.0977. The van der Waals surface area contributed by atoms with E-state index in [2.05, 4.69) is 31.5 Å².